The Morgan fingerprint density at radius 3 is 3.00 bits per heavy atom. The van der Waals surface area contributed by atoms with Crippen molar-refractivity contribution in [1.29, 1.82) is 0 Å². The van der Waals surface area contributed by atoms with E-state index in [1.807, 2.05) is 6.07 Å². The maximum Gasteiger partial charge on any atom is 0.196 e. The Balaban J connectivity index is 1.98. The number of guanidine groups is 1. The molecular weight excluding hydrogens is 259 g/mol. The zero-order valence-electron chi connectivity index (χ0n) is 9.21. The monoisotopic (exact) mass is 272 g/mol. The summed E-state index contributed by atoms with van der Waals surface area (Å²) in [4.78, 5) is 4.34. The van der Waals surface area contributed by atoms with Gasteiger partial charge in [0, 0.05) is 11.1 Å². The molecule has 0 spiro atoms. The van der Waals surface area contributed by atoms with Crippen molar-refractivity contribution >= 4 is 34.8 Å². The molecule has 17 heavy (non-hydrogen) atoms. The predicted octanol–water partition coefficient (Wildman–Crippen LogP) is 2.08. The number of benzene rings is 1. The van der Waals surface area contributed by atoms with Crippen LogP contribution < -0.4 is 16.4 Å². The van der Waals surface area contributed by atoms with Gasteiger partial charge in [0.15, 0.2) is 5.96 Å². The topological polar surface area (TPSA) is 62.4 Å². The Labute approximate surface area is 110 Å². The Morgan fingerprint density at radius 1 is 1.47 bits per heavy atom. The van der Waals surface area contributed by atoms with Crippen LogP contribution in [0.4, 0.5) is 5.69 Å². The molecule has 1 aromatic rings. The van der Waals surface area contributed by atoms with Crippen LogP contribution in [-0.4, -0.2) is 25.1 Å². The zero-order valence-corrected chi connectivity index (χ0v) is 10.7. The molecule has 0 amide bonds. The van der Waals surface area contributed by atoms with Crippen LogP contribution in [0.3, 0.4) is 0 Å². The second-order valence-electron chi connectivity index (χ2n) is 3.86. The second-order valence-corrected chi connectivity index (χ2v) is 4.70. The van der Waals surface area contributed by atoms with E-state index < -0.39 is 0 Å². The molecule has 0 radical (unpaired) electrons. The first-order valence-corrected chi connectivity index (χ1v) is 6.18. The van der Waals surface area contributed by atoms with Gasteiger partial charge >= 0.3 is 0 Å². The lowest BCUT2D eigenvalue weighted by Crippen LogP contribution is -2.35. The summed E-state index contributed by atoms with van der Waals surface area (Å²) in [6.45, 7) is 1.40. The molecule has 1 heterocycles. The number of nitrogens with one attached hydrogen (secondary N) is 2. The van der Waals surface area contributed by atoms with Crippen LogP contribution in [0.2, 0.25) is 10.0 Å². The van der Waals surface area contributed by atoms with Crippen molar-refractivity contribution in [1.82, 2.24) is 5.32 Å². The van der Waals surface area contributed by atoms with Gasteiger partial charge in [-0.3, -0.25) is 4.99 Å². The standard InChI is InChI=1S/C11H14Cl2N4/c12-7-1-2-10(9(13)5-7)17-11-15-6-8(16-11)3-4-14/h1-2,5,8H,3-4,6,14H2,(H2,15,16,17)/t8-/m0/s1. The minimum absolute atomic E-state index is 0.313. The molecule has 4 nitrogen and oxygen atoms in total. The first-order valence-electron chi connectivity index (χ1n) is 5.42. The highest BCUT2D eigenvalue weighted by atomic mass is 35.5. The smallest absolute Gasteiger partial charge is 0.196 e. The van der Waals surface area contributed by atoms with Crippen molar-refractivity contribution in [2.24, 2.45) is 10.7 Å². The van der Waals surface area contributed by atoms with E-state index >= 15 is 0 Å². The van der Waals surface area contributed by atoms with Gasteiger partial charge in [0.1, 0.15) is 0 Å². The fraction of sp³-hybridized carbons (Fsp3) is 0.364. The third-order valence-corrected chi connectivity index (χ3v) is 3.06. The lowest BCUT2D eigenvalue weighted by atomic mass is 10.2. The Morgan fingerprint density at radius 2 is 2.29 bits per heavy atom. The molecule has 6 heteroatoms. The molecular formula is C11H14Cl2N4. The number of anilines is 1. The van der Waals surface area contributed by atoms with Crippen molar-refractivity contribution in [2.45, 2.75) is 12.5 Å². The highest BCUT2D eigenvalue weighted by Crippen LogP contribution is 2.25. The van der Waals surface area contributed by atoms with Gasteiger partial charge in [-0.25, -0.2) is 0 Å². The normalized spacial score (nSPS) is 18.8. The van der Waals surface area contributed by atoms with E-state index in [9.17, 15) is 0 Å². The first-order chi connectivity index (χ1) is 8.19. The number of hydrogen-bond donors (Lipinski definition) is 3. The summed E-state index contributed by atoms with van der Waals surface area (Å²) in [5.41, 5.74) is 6.29. The third kappa shape index (κ3) is 3.25. The number of halogens is 2. The Hall–Kier alpha value is -0.970. The number of aliphatic imine (C=N–C) groups is 1. The number of rotatable bonds is 3. The van der Waals surface area contributed by atoms with Crippen LogP contribution in [0.1, 0.15) is 6.42 Å². The highest BCUT2D eigenvalue weighted by molar-refractivity contribution is 6.36. The van der Waals surface area contributed by atoms with Gasteiger partial charge in [0.25, 0.3) is 0 Å². The average Bonchev–Trinajstić information content (AvgIpc) is 2.71. The van der Waals surface area contributed by atoms with Crippen LogP contribution in [0, 0.1) is 0 Å². The van der Waals surface area contributed by atoms with Crippen molar-refractivity contribution < 1.29 is 0 Å². The van der Waals surface area contributed by atoms with Crippen molar-refractivity contribution in [3.63, 3.8) is 0 Å². The van der Waals surface area contributed by atoms with E-state index in [1.54, 1.807) is 12.1 Å². The Bertz CT molecular complexity index is 433. The third-order valence-electron chi connectivity index (χ3n) is 2.51. The van der Waals surface area contributed by atoms with Gasteiger partial charge in [-0.2, -0.15) is 0 Å². The summed E-state index contributed by atoms with van der Waals surface area (Å²) in [5.74, 6) is 0.729. The predicted molar refractivity (Wildman–Crippen MR) is 73.0 cm³/mol. The molecule has 1 aliphatic heterocycles. The van der Waals surface area contributed by atoms with Crippen LogP contribution in [0.5, 0.6) is 0 Å². The van der Waals surface area contributed by atoms with Crippen LogP contribution in [0.25, 0.3) is 0 Å². The quantitative estimate of drug-likeness (QED) is 0.790. The van der Waals surface area contributed by atoms with E-state index in [0.717, 1.165) is 24.6 Å². The lowest BCUT2D eigenvalue weighted by Gasteiger charge is -2.12. The molecule has 1 aliphatic rings. The molecule has 0 aliphatic carbocycles. The summed E-state index contributed by atoms with van der Waals surface area (Å²) in [7, 11) is 0. The highest BCUT2D eigenvalue weighted by Gasteiger charge is 2.16. The van der Waals surface area contributed by atoms with E-state index in [0.29, 0.717) is 22.6 Å². The summed E-state index contributed by atoms with van der Waals surface area (Å²) in [6.07, 6.45) is 0.906. The number of nitrogens with two attached hydrogens (primary N) is 1. The molecule has 92 valence electrons. The van der Waals surface area contributed by atoms with E-state index in [-0.39, 0.29) is 0 Å². The largest absolute Gasteiger partial charge is 0.351 e. The SMILES string of the molecule is NCC[C@H]1CN=C(Nc2ccc(Cl)cc2Cl)N1. The Kier molecular flexibility index (Phi) is 4.10. The second kappa shape index (κ2) is 5.58. The fourth-order valence-electron chi connectivity index (χ4n) is 1.64. The molecule has 4 N–H and O–H groups in total. The summed E-state index contributed by atoms with van der Waals surface area (Å²) in [6, 6.07) is 5.61. The molecule has 0 unspecified atom stereocenters. The minimum atomic E-state index is 0.313. The zero-order chi connectivity index (χ0) is 12.3. The van der Waals surface area contributed by atoms with Crippen LogP contribution in [-0.2, 0) is 0 Å². The number of hydrogen-bond acceptors (Lipinski definition) is 4. The minimum Gasteiger partial charge on any atom is -0.351 e. The van der Waals surface area contributed by atoms with Gasteiger partial charge in [-0.1, -0.05) is 23.2 Å². The molecule has 0 saturated heterocycles. The first kappa shape index (κ1) is 12.5. The van der Waals surface area contributed by atoms with Gasteiger partial charge in [-0.15, -0.1) is 0 Å². The summed E-state index contributed by atoms with van der Waals surface area (Å²) < 4.78 is 0. The van der Waals surface area contributed by atoms with Crippen LogP contribution >= 0.6 is 23.2 Å². The molecule has 1 aromatic carbocycles. The van der Waals surface area contributed by atoms with Crippen molar-refractivity contribution in [2.75, 3.05) is 18.4 Å². The van der Waals surface area contributed by atoms with Crippen molar-refractivity contribution in [3.05, 3.63) is 28.2 Å². The molecule has 0 bridgehead atoms. The van der Waals surface area contributed by atoms with E-state index in [1.165, 1.54) is 0 Å². The van der Waals surface area contributed by atoms with E-state index in [2.05, 4.69) is 15.6 Å². The molecule has 0 fully saturated rings. The summed E-state index contributed by atoms with van der Waals surface area (Å²) in [5, 5.41) is 7.57. The van der Waals surface area contributed by atoms with Gasteiger partial charge in [0.05, 0.1) is 17.3 Å². The molecule has 2 rings (SSSR count). The maximum atomic E-state index is 6.06. The van der Waals surface area contributed by atoms with E-state index in [4.69, 9.17) is 28.9 Å². The maximum absolute atomic E-state index is 6.06. The molecule has 0 aromatic heterocycles. The lowest BCUT2D eigenvalue weighted by molar-refractivity contribution is 0.609. The average molecular weight is 273 g/mol. The van der Waals surface area contributed by atoms with Crippen LogP contribution in [0.15, 0.2) is 23.2 Å². The van der Waals surface area contributed by atoms with Gasteiger partial charge in [-0.05, 0) is 31.2 Å². The fourth-order valence-corrected chi connectivity index (χ4v) is 2.10. The molecule has 1 atom stereocenters. The van der Waals surface area contributed by atoms with Gasteiger partial charge in [0.2, 0.25) is 0 Å². The van der Waals surface area contributed by atoms with Gasteiger partial charge < -0.3 is 16.4 Å². The van der Waals surface area contributed by atoms with Crippen molar-refractivity contribution in [3.8, 4) is 0 Å². The molecule has 0 saturated carbocycles. The number of nitrogens with zero attached hydrogens (tertiary/aromatic N) is 1. The summed E-state index contributed by atoms with van der Waals surface area (Å²) >= 11 is 11.9.